The molecule has 6 rings (SSSR count). The lowest BCUT2D eigenvalue weighted by Gasteiger charge is -2.58. The fourth-order valence-electron chi connectivity index (χ4n) is 5.72. The largest absolute Gasteiger partial charge is 0.390 e. The van der Waals surface area contributed by atoms with E-state index in [9.17, 15) is 15.0 Å². The van der Waals surface area contributed by atoms with Crippen LogP contribution in [0, 0.1) is 17.8 Å². The van der Waals surface area contributed by atoms with Gasteiger partial charge in [-0.3, -0.25) is 4.79 Å². The molecule has 25 heavy (non-hydrogen) atoms. The van der Waals surface area contributed by atoms with Crippen LogP contribution in [0.15, 0.2) is 12.3 Å². The molecule has 0 aliphatic heterocycles. The minimum Gasteiger partial charge on any atom is -0.390 e. The maximum Gasteiger partial charge on any atom is 0.210 e. The van der Waals surface area contributed by atoms with Crippen molar-refractivity contribution in [1.82, 2.24) is 15.2 Å². The molecule has 4 fully saturated rings. The summed E-state index contributed by atoms with van der Waals surface area (Å²) in [6.45, 7) is -0.585. The third-order valence-corrected chi connectivity index (χ3v) is 6.44. The van der Waals surface area contributed by atoms with Crippen molar-refractivity contribution in [3.8, 4) is 0 Å². The van der Waals surface area contributed by atoms with Gasteiger partial charge in [-0.15, -0.1) is 10.2 Å². The molecule has 4 N–H and O–H groups in total. The number of nitrogens with zero attached hydrogens (tertiary/aromatic N) is 2. The van der Waals surface area contributed by atoms with E-state index in [1.807, 2.05) is 6.07 Å². The molecule has 4 aliphatic carbocycles. The molecule has 4 saturated carbocycles. The predicted octanol–water partition coefficient (Wildman–Crippen LogP) is 1.48. The number of H-pyrrole nitrogens is 1. The first-order valence-corrected chi connectivity index (χ1v) is 9.03. The fraction of sp³-hybridized carbons (Fsp3) is 0.611. The number of anilines is 1. The quantitative estimate of drug-likeness (QED) is 0.627. The number of ketones is 1. The van der Waals surface area contributed by atoms with E-state index in [2.05, 4.69) is 20.5 Å². The smallest absolute Gasteiger partial charge is 0.210 e. The second-order valence-electron chi connectivity index (χ2n) is 8.11. The number of carbonyl (C=O) groups is 1. The lowest BCUT2D eigenvalue weighted by molar-refractivity contribution is -0.129. The molecular formula is C18H22N4O3. The van der Waals surface area contributed by atoms with Crippen LogP contribution in [0.2, 0.25) is 0 Å². The van der Waals surface area contributed by atoms with Crippen molar-refractivity contribution in [3.63, 3.8) is 0 Å². The third-order valence-electron chi connectivity index (χ3n) is 6.44. The summed E-state index contributed by atoms with van der Waals surface area (Å²) in [6.07, 6.45) is 6.64. The SMILES string of the molecule is O=C(CO)c1nnc2[nH]ccc2c1NC1[C@H]2CC3C[C@H]1CC(O)(C3)C2. The normalized spacial score (nSPS) is 36.1. The second-order valence-corrected chi connectivity index (χ2v) is 8.11. The van der Waals surface area contributed by atoms with Crippen molar-refractivity contribution in [2.75, 3.05) is 11.9 Å². The standard InChI is InChI=1S/C18H22N4O3/c23-8-13(24)16-15(12-1-2-19-17(12)22-21-16)20-14-10-3-9-4-11(14)7-18(25,5-9)6-10/h1-2,9-11,14,23,25H,3-8H2,(H2,19,20,22)/t9?,10-,11-,14?,18?/m0/s1. The number of Topliss-reactive ketones (excluding diaryl/α,β-unsaturated/α-hetero) is 1. The van der Waals surface area contributed by atoms with E-state index in [0.717, 1.165) is 37.5 Å². The maximum absolute atomic E-state index is 12.2. The summed E-state index contributed by atoms with van der Waals surface area (Å²) >= 11 is 0. The van der Waals surface area contributed by atoms with Gasteiger partial charge in [-0.2, -0.15) is 0 Å². The lowest BCUT2D eigenvalue weighted by atomic mass is 9.52. The molecule has 0 radical (unpaired) electrons. The Morgan fingerprint density at radius 1 is 1.28 bits per heavy atom. The Bertz CT molecular complexity index is 832. The Hall–Kier alpha value is -1.99. The van der Waals surface area contributed by atoms with E-state index in [1.165, 1.54) is 0 Å². The number of nitrogens with one attached hydrogen (secondary N) is 2. The van der Waals surface area contributed by atoms with Gasteiger partial charge in [0.2, 0.25) is 5.78 Å². The highest BCUT2D eigenvalue weighted by Crippen LogP contribution is 2.56. The molecule has 2 heterocycles. The van der Waals surface area contributed by atoms with Gasteiger partial charge in [0.15, 0.2) is 11.3 Å². The summed E-state index contributed by atoms with van der Waals surface area (Å²) in [5, 5.41) is 32.6. The summed E-state index contributed by atoms with van der Waals surface area (Å²) < 4.78 is 0. The fourth-order valence-corrected chi connectivity index (χ4v) is 5.72. The van der Waals surface area contributed by atoms with Crippen LogP contribution in [0.25, 0.3) is 11.0 Å². The minimum atomic E-state index is -0.585. The van der Waals surface area contributed by atoms with Crippen molar-refractivity contribution in [2.24, 2.45) is 17.8 Å². The number of aromatic amines is 1. The van der Waals surface area contributed by atoms with Gasteiger partial charge in [-0.25, -0.2) is 0 Å². The highest BCUT2D eigenvalue weighted by Gasteiger charge is 2.54. The molecule has 4 aliphatic rings. The van der Waals surface area contributed by atoms with Crippen LogP contribution in [0.1, 0.15) is 42.6 Å². The van der Waals surface area contributed by atoms with Gasteiger partial charge in [0, 0.05) is 17.6 Å². The molecule has 2 aromatic heterocycles. The minimum absolute atomic E-state index is 0.196. The van der Waals surface area contributed by atoms with Crippen molar-refractivity contribution in [3.05, 3.63) is 18.0 Å². The van der Waals surface area contributed by atoms with E-state index < -0.39 is 18.0 Å². The van der Waals surface area contributed by atoms with Crippen LogP contribution < -0.4 is 5.32 Å². The van der Waals surface area contributed by atoms with Gasteiger partial charge in [0.25, 0.3) is 0 Å². The first-order valence-electron chi connectivity index (χ1n) is 9.03. The van der Waals surface area contributed by atoms with E-state index in [-0.39, 0.29) is 11.7 Å². The molecule has 0 amide bonds. The van der Waals surface area contributed by atoms with Gasteiger partial charge in [0.05, 0.1) is 11.3 Å². The monoisotopic (exact) mass is 342 g/mol. The van der Waals surface area contributed by atoms with Gasteiger partial charge < -0.3 is 20.5 Å². The summed E-state index contributed by atoms with van der Waals surface area (Å²) in [5.41, 5.74) is 0.995. The van der Waals surface area contributed by atoms with Crippen LogP contribution in [-0.2, 0) is 0 Å². The van der Waals surface area contributed by atoms with E-state index in [1.54, 1.807) is 6.20 Å². The molecule has 4 bridgehead atoms. The van der Waals surface area contributed by atoms with Crippen LogP contribution in [0.3, 0.4) is 0 Å². The molecule has 132 valence electrons. The average Bonchev–Trinajstić information content (AvgIpc) is 3.04. The molecule has 0 spiro atoms. The van der Waals surface area contributed by atoms with Crippen molar-refractivity contribution in [1.29, 1.82) is 0 Å². The molecule has 0 aromatic carbocycles. The topological polar surface area (TPSA) is 111 Å². The molecular weight excluding hydrogens is 320 g/mol. The summed E-state index contributed by atoms with van der Waals surface area (Å²) in [6, 6.07) is 2.11. The predicted molar refractivity (Wildman–Crippen MR) is 91.2 cm³/mol. The van der Waals surface area contributed by atoms with Crippen LogP contribution in [0.5, 0.6) is 0 Å². The van der Waals surface area contributed by atoms with Crippen LogP contribution >= 0.6 is 0 Å². The first kappa shape index (κ1) is 15.3. The third kappa shape index (κ3) is 2.29. The zero-order valence-electron chi connectivity index (χ0n) is 13.9. The summed E-state index contributed by atoms with van der Waals surface area (Å²) in [5.74, 6) is 1.02. The molecule has 2 atom stereocenters. The number of fused-ring (bicyclic) bond motifs is 1. The number of rotatable bonds is 4. The first-order chi connectivity index (χ1) is 12.1. The summed E-state index contributed by atoms with van der Waals surface area (Å²) in [7, 11) is 0. The highest BCUT2D eigenvalue weighted by molar-refractivity contribution is 6.06. The van der Waals surface area contributed by atoms with E-state index >= 15 is 0 Å². The number of aliphatic hydroxyl groups excluding tert-OH is 1. The van der Waals surface area contributed by atoms with E-state index in [4.69, 9.17) is 0 Å². The molecule has 0 unspecified atom stereocenters. The van der Waals surface area contributed by atoms with Crippen LogP contribution in [-0.4, -0.2) is 49.4 Å². The number of aliphatic hydroxyl groups is 2. The van der Waals surface area contributed by atoms with Gasteiger partial charge in [-0.05, 0) is 55.9 Å². The Morgan fingerprint density at radius 2 is 2.04 bits per heavy atom. The zero-order chi connectivity index (χ0) is 17.2. The number of aromatic nitrogens is 3. The van der Waals surface area contributed by atoms with Gasteiger partial charge >= 0.3 is 0 Å². The molecule has 7 heteroatoms. The maximum atomic E-state index is 12.2. The second kappa shape index (κ2) is 5.25. The van der Waals surface area contributed by atoms with Crippen molar-refractivity contribution < 1.29 is 15.0 Å². The van der Waals surface area contributed by atoms with Gasteiger partial charge in [0.1, 0.15) is 6.61 Å². The number of hydrogen-bond donors (Lipinski definition) is 4. The highest BCUT2D eigenvalue weighted by atomic mass is 16.3. The summed E-state index contributed by atoms with van der Waals surface area (Å²) in [4.78, 5) is 15.2. The lowest BCUT2D eigenvalue weighted by Crippen LogP contribution is -2.59. The van der Waals surface area contributed by atoms with Gasteiger partial charge in [-0.1, -0.05) is 0 Å². The van der Waals surface area contributed by atoms with Crippen molar-refractivity contribution in [2.45, 2.75) is 43.7 Å². The van der Waals surface area contributed by atoms with Crippen LogP contribution in [0.4, 0.5) is 5.69 Å². The van der Waals surface area contributed by atoms with Crippen molar-refractivity contribution >= 4 is 22.5 Å². The molecule has 7 nitrogen and oxygen atoms in total. The molecule has 0 saturated heterocycles. The Kier molecular flexibility index (Phi) is 3.21. The number of hydrogen-bond acceptors (Lipinski definition) is 6. The molecule has 2 aromatic rings. The zero-order valence-corrected chi connectivity index (χ0v) is 13.9. The Balaban J connectivity index is 1.54. The van der Waals surface area contributed by atoms with E-state index in [0.29, 0.717) is 29.1 Å². The Labute approximate surface area is 144 Å². The Morgan fingerprint density at radius 3 is 2.72 bits per heavy atom. The average molecular weight is 342 g/mol. The number of carbonyl (C=O) groups excluding carboxylic acids is 1.